The van der Waals surface area contributed by atoms with Gasteiger partial charge in [0.2, 0.25) is 5.91 Å². The minimum atomic E-state index is -0.297. The maximum atomic E-state index is 12.0. The van der Waals surface area contributed by atoms with Crippen molar-refractivity contribution in [2.45, 2.75) is 46.1 Å². The van der Waals surface area contributed by atoms with Crippen LogP contribution in [0.3, 0.4) is 0 Å². The summed E-state index contributed by atoms with van der Waals surface area (Å²) in [6.45, 7) is 4.08. The molecule has 1 amide bonds. The van der Waals surface area contributed by atoms with Gasteiger partial charge in [-0.05, 0) is 32.3 Å². The second-order valence-corrected chi connectivity index (χ2v) is 5.33. The summed E-state index contributed by atoms with van der Waals surface area (Å²) < 4.78 is 1.59. The van der Waals surface area contributed by atoms with Crippen molar-refractivity contribution >= 4 is 29.1 Å². The zero-order valence-corrected chi connectivity index (χ0v) is 12.6. The molecule has 1 aromatic heterocycles. The fourth-order valence-electron chi connectivity index (χ4n) is 1.93. The number of primary amides is 1. The van der Waals surface area contributed by atoms with E-state index < -0.39 is 0 Å². The topological polar surface area (TPSA) is 65.1 Å². The van der Waals surface area contributed by atoms with E-state index in [1.54, 1.807) is 18.4 Å². The van der Waals surface area contributed by atoms with Crippen LogP contribution in [0, 0.1) is 13.8 Å². The molecular formula is C13H18Cl2N2O2. The number of carbonyl (C=O) groups excluding carboxylic acids is 1. The predicted molar refractivity (Wildman–Crippen MR) is 77.9 cm³/mol. The van der Waals surface area contributed by atoms with Gasteiger partial charge in [-0.25, -0.2) is 0 Å². The van der Waals surface area contributed by atoms with E-state index >= 15 is 0 Å². The fourth-order valence-corrected chi connectivity index (χ4v) is 2.37. The maximum Gasteiger partial charge on any atom is 0.269 e. The largest absolute Gasteiger partial charge is 0.370 e. The molecule has 0 saturated heterocycles. The molecule has 1 rings (SSSR count). The Balaban J connectivity index is 2.74. The van der Waals surface area contributed by atoms with Gasteiger partial charge in [0, 0.05) is 18.7 Å². The summed E-state index contributed by atoms with van der Waals surface area (Å²) in [7, 11) is 0. The molecule has 0 spiro atoms. The van der Waals surface area contributed by atoms with Crippen LogP contribution in [0.4, 0.5) is 0 Å². The summed E-state index contributed by atoms with van der Waals surface area (Å²) in [4.78, 5) is 22.6. The molecule has 0 saturated carbocycles. The van der Waals surface area contributed by atoms with Crippen LogP contribution in [0.15, 0.2) is 4.79 Å². The van der Waals surface area contributed by atoms with Crippen LogP contribution in [-0.2, 0) is 11.3 Å². The highest BCUT2D eigenvalue weighted by molar-refractivity contribution is 6.36. The van der Waals surface area contributed by atoms with Gasteiger partial charge in [0.1, 0.15) is 5.02 Å². The molecule has 2 N–H and O–H groups in total. The average Bonchev–Trinajstić information content (AvgIpc) is 2.37. The predicted octanol–water partition coefficient (Wildman–Crippen LogP) is 2.82. The van der Waals surface area contributed by atoms with E-state index in [1.807, 2.05) is 0 Å². The molecule has 1 aromatic rings. The third-order valence-electron chi connectivity index (χ3n) is 3.12. The second kappa shape index (κ2) is 6.96. The van der Waals surface area contributed by atoms with Gasteiger partial charge in [-0.3, -0.25) is 9.59 Å². The Morgan fingerprint density at radius 2 is 1.79 bits per heavy atom. The Morgan fingerprint density at radius 3 is 2.37 bits per heavy atom. The van der Waals surface area contributed by atoms with Crippen LogP contribution in [0.25, 0.3) is 0 Å². The fraction of sp³-hybridized carbons (Fsp3) is 0.538. The molecule has 0 aliphatic carbocycles. The van der Waals surface area contributed by atoms with Gasteiger partial charge in [0.15, 0.2) is 0 Å². The van der Waals surface area contributed by atoms with Crippen molar-refractivity contribution < 1.29 is 4.79 Å². The molecule has 1 heterocycles. The molecule has 4 nitrogen and oxygen atoms in total. The van der Waals surface area contributed by atoms with Crippen molar-refractivity contribution in [3.63, 3.8) is 0 Å². The molecule has 6 heteroatoms. The van der Waals surface area contributed by atoms with Gasteiger partial charge < -0.3 is 10.3 Å². The minimum absolute atomic E-state index is 0.174. The number of rotatable bonds is 6. The highest BCUT2D eigenvalue weighted by atomic mass is 35.5. The van der Waals surface area contributed by atoms with Crippen LogP contribution in [0.1, 0.15) is 36.9 Å². The smallest absolute Gasteiger partial charge is 0.269 e. The molecule has 0 unspecified atom stereocenters. The van der Waals surface area contributed by atoms with Crippen LogP contribution in [0.5, 0.6) is 0 Å². The van der Waals surface area contributed by atoms with Crippen molar-refractivity contribution in [2.75, 3.05) is 0 Å². The van der Waals surface area contributed by atoms with E-state index in [4.69, 9.17) is 28.9 Å². The lowest BCUT2D eigenvalue weighted by Crippen LogP contribution is -2.24. The standard InChI is InChI=1S/C13H18Cl2N2O2/c1-8-11(14)9(2)17(13(19)12(8)15)7-5-3-4-6-10(16)18/h3-7H2,1-2H3,(H2,16,18). The van der Waals surface area contributed by atoms with Gasteiger partial charge in [0.25, 0.3) is 5.56 Å². The van der Waals surface area contributed by atoms with Crippen molar-refractivity contribution in [3.05, 3.63) is 31.7 Å². The number of nitrogens with two attached hydrogens (primary N) is 1. The lowest BCUT2D eigenvalue weighted by Gasteiger charge is -2.14. The number of hydrogen-bond donors (Lipinski definition) is 1. The monoisotopic (exact) mass is 304 g/mol. The zero-order valence-electron chi connectivity index (χ0n) is 11.1. The summed E-state index contributed by atoms with van der Waals surface area (Å²) in [5.74, 6) is -0.297. The third-order valence-corrected chi connectivity index (χ3v) is 4.12. The molecule has 0 aliphatic rings. The first-order valence-corrected chi connectivity index (χ1v) is 6.95. The molecule has 0 radical (unpaired) electrons. The minimum Gasteiger partial charge on any atom is -0.370 e. The van der Waals surface area contributed by atoms with E-state index in [0.717, 1.165) is 25.0 Å². The first-order chi connectivity index (χ1) is 8.86. The van der Waals surface area contributed by atoms with Crippen LogP contribution in [-0.4, -0.2) is 10.5 Å². The summed E-state index contributed by atoms with van der Waals surface area (Å²) in [6.07, 6.45) is 2.72. The molecule has 0 fully saturated rings. The Morgan fingerprint density at radius 1 is 1.16 bits per heavy atom. The van der Waals surface area contributed by atoms with Crippen molar-refractivity contribution in [1.82, 2.24) is 4.57 Å². The number of amides is 1. The molecular weight excluding hydrogens is 287 g/mol. The van der Waals surface area contributed by atoms with Gasteiger partial charge in [-0.15, -0.1) is 0 Å². The summed E-state index contributed by atoms with van der Waals surface area (Å²) >= 11 is 12.1. The van der Waals surface area contributed by atoms with E-state index in [9.17, 15) is 9.59 Å². The third kappa shape index (κ3) is 3.98. The second-order valence-electron chi connectivity index (χ2n) is 4.57. The van der Waals surface area contributed by atoms with Crippen LogP contribution in [0.2, 0.25) is 10.0 Å². The number of unbranched alkanes of at least 4 members (excludes halogenated alkanes) is 2. The molecule has 0 bridgehead atoms. The number of halogens is 2. The normalized spacial score (nSPS) is 10.7. The van der Waals surface area contributed by atoms with E-state index in [2.05, 4.69) is 0 Å². The SMILES string of the molecule is Cc1c(Cl)c(C)n(CCCCCC(N)=O)c(=O)c1Cl. The van der Waals surface area contributed by atoms with E-state index in [-0.39, 0.29) is 16.5 Å². The molecule has 0 aromatic carbocycles. The van der Waals surface area contributed by atoms with Gasteiger partial charge in [-0.2, -0.15) is 0 Å². The van der Waals surface area contributed by atoms with Gasteiger partial charge in [0.05, 0.1) is 5.02 Å². The van der Waals surface area contributed by atoms with Gasteiger partial charge >= 0.3 is 0 Å². The van der Waals surface area contributed by atoms with Crippen molar-refractivity contribution in [2.24, 2.45) is 5.73 Å². The molecule has 106 valence electrons. The molecule has 0 atom stereocenters. The van der Waals surface area contributed by atoms with Crippen molar-refractivity contribution in [3.8, 4) is 0 Å². The van der Waals surface area contributed by atoms with Crippen LogP contribution < -0.4 is 11.3 Å². The Kier molecular flexibility index (Phi) is 5.88. The number of carbonyl (C=O) groups is 1. The number of hydrogen-bond acceptors (Lipinski definition) is 2. The van der Waals surface area contributed by atoms with E-state index in [0.29, 0.717) is 23.6 Å². The lowest BCUT2D eigenvalue weighted by atomic mass is 10.1. The Labute approximate surface area is 122 Å². The Bertz CT molecular complexity index is 538. The number of aromatic nitrogens is 1. The average molecular weight is 305 g/mol. The van der Waals surface area contributed by atoms with Crippen molar-refractivity contribution in [1.29, 1.82) is 0 Å². The van der Waals surface area contributed by atoms with Crippen LogP contribution >= 0.6 is 23.2 Å². The van der Waals surface area contributed by atoms with E-state index in [1.165, 1.54) is 0 Å². The molecule has 19 heavy (non-hydrogen) atoms. The number of pyridine rings is 1. The summed E-state index contributed by atoms with van der Waals surface area (Å²) in [5.41, 5.74) is 6.20. The first-order valence-electron chi connectivity index (χ1n) is 6.19. The quantitative estimate of drug-likeness (QED) is 0.821. The molecule has 0 aliphatic heterocycles. The van der Waals surface area contributed by atoms with Gasteiger partial charge in [-0.1, -0.05) is 29.6 Å². The Hall–Kier alpha value is -1.00. The maximum absolute atomic E-state index is 12.0. The number of nitrogens with zero attached hydrogens (tertiary/aromatic N) is 1. The zero-order chi connectivity index (χ0) is 14.6. The summed E-state index contributed by atoms with van der Waals surface area (Å²) in [5, 5.41) is 0.703. The lowest BCUT2D eigenvalue weighted by molar-refractivity contribution is -0.118. The highest BCUT2D eigenvalue weighted by Crippen LogP contribution is 2.23. The highest BCUT2D eigenvalue weighted by Gasteiger charge is 2.13. The first kappa shape index (κ1) is 16.1. The summed E-state index contributed by atoms with van der Waals surface area (Å²) in [6, 6.07) is 0.